The Labute approximate surface area is 243 Å². The van der Waals surface area contributed by atoms with Gasteiger partial charge in [-0.2, -0.15) is 0 Å². The van der Waals surface area contributed by atoms with E-state index in [1.165, 1.54) is 9.13 Å². The van der Waals surface area contributed by atoms with Gasteiger partial charge < -0.3 is 10.2 Å². The quantitative estimate of drug-likeness (QED) is 0.309. The van der Waals surface area contributed by atoms with Crippen molar-refractivity contribution in [1.29, 1.82) is 0 Å². The number of aromatic nitrogens is 2. The number of nitrogens with zero attached hydrogens (tertiary/aromatic N) is 2. The van der Waals surface area contributed by atoms with E-state index in [1.54, 1.807) is 35.7 Å². The molecule has 0 saturated heterocycles. The summed E-state index contributed by atoms with van der Waals surface area (Å²) in [7, 11) is 0. The Morgan fingerprint density at radius 2 is 1.13 bits per heavy atom. The molecule has 38 heavy (non-hydrogen) atoms. The smallest absolute Gasteiger partial charge is 0.254 e. The molecule has 2 aromatic rings. The van der Waals surface area contributed by atoms with Gasteiger partial charge in [0.25, 0.3) is 11.1 Å². The van der Waals surface area contributed by atoms with Gasteiger partial charge in [-0.05, 0) is 88.8 Å². The molecule has 0 fully saturated rings. The van der Waals surface area contributed by atoms with Crippen molar-refractivity contribution in [2.45, 2.75) is 99.9 Å². The van der Waals surface area contributed by atoms with Gasteiger partial charge in [0.05, 0.1) is 0 Å². The Balaban J connectivity index is 1.30. The topological polar surface area (TPSA) is 84.5 Å². The largest absolute Gasteiger partial charge is 0.494 e. The van der Waals surface area contributed by atoms with Crippen molar-refractivity contribution in [3.8, 4) is 11.8 Å². The van der Waals surface area contributed by atoms with Crippen LogP contribution >= 0.6 is 48.0 Å². The Kier molecular flexibility index (Phi) is 8.86. The van der Waals surface area contributed by atoms with Crippen molar-refractivity contribution >= 4 is 57.7 Å². The van der Waals surface area contributed by atoms with Crippen molar-refractivity contribution in [3.63, 3.8) is 0 Å². The van der Waals surface area contributed by atoms with Crippen LogP contribution in [0.15, 0.2) is 31.5 Å². The molecule has 0 spiro atoms. The molecule has 2 aliphatic heterocycles. The molecule has 0 amide bonds. The monoisotopic (exact) mass is 592 g/mol. The molecule has 4 heterocycles. The van der Waals surface area contributed by atoms with Gasteiger partial charge in [0.2, 0.25) is 0 Å². The van der Waals surface area contributed by atoms with Crippen LogP contribution in [0.25, 0.3) is 0 Å². The number of aromatic hydroxyl groups is 2. The molecule has 0 aliphatic carbocycles. The van der Waals surface area contributed by atoms with Gasteiger partial charge in [-0.3, -0.25) is 18.7 Å². The average molecular weight is 593 g/mol. The summed E-state index contributed by atoms with van der Waals surface area (Å²) in [6, 6.07) is 3.28. The summed E-state index contributed by atoms with van der Waals surface area (Å²) in [5.41, 5.74) is 0.245. The van der Waals surface area contributed by atoms with Crippen LogP contribution < -0.4 is 11.1 Å². The van der Waals surface area contributed by atoms with Crippen molar-refractivity contribution < 1.29 is 10.2 Å². The number of hydrogen-bond donors (Lipinski definition) is 2. The first-order chi connectivity index (χ1) is 17.8. The van der Waals surface area contributed by atoms with Crippen LogP contribution in [0.2, 0.25) is 0 Å². The highest BCUT2D eigenvalue weighted by atomic mass is 32.2. The lowest BCUT2D eigenvalue weighted by Crippen LogP contribution is -2.37. The fraction of sp³-hybridized carbons (Fsp3) is 0.571. The van der Waals surface area contributed by atoms with Crippen LogP contribution in [0.1, 0.15) is 77.3 Å². The Hall–Kier alpha value is -1.62. The summed E-state index contributed by atoms with van der Waals surface area (Å²) in [6.07, 6.45) is 5.52. The molecule has 4 rings (SSSR count). The SMILES string of the molecule is CC(C)(CCC(=S)CCC(=S)CCC(C)(C)n1c(O)c2c(cc1=O)SCC2)n1c(O)c2c(cc1=O)SCC2. The van der Waals surface area contributed by atoms with Crippen molar-refractivity contribution in [1.82, 2.24) is 9.13 Å². The minimum absolute atomic E-state index is 0.0875. The highest BCUT2D eigenvalue weighted by Gasteiger charge is 2.30. The van der Waals surface area contributed by atoms with E-state index in [-0.39, 0.29) is 22.9 Å². The first-order valence-electron chi connectivity index (χ1n) is 13.1. The first kappa shape index (κ1) is 29.4. The van der Waals surface area contributed by atoms with E-state index in [0.29, 0.717) is 38.5 Å². The molecule has 0 bridgehead atoms. The maximum absolute atomic E-state index is 12.8. The summed E-state index contributed by atoms with van der Waals surface area (Å²) in [4.78, 5) is 29.1. The highest BCUT2D eigenvalue weighted by Crippen LogP contribution is 2.39. The summed E-state index contributed by atoms with van der Waals surface area (Å²) in [5, 5.41) is 21.6. The summed E-state index contributed by atoms with van der Waals surface area (Å²) in [5.74, 6) is 1.95. The third-order valence-corrected chi connectivity index (χ3v) is 10.6. The minimum Gasteiger partial charge on any atom is -0.494 e. The van der Waals surface area contributed by atoms with Gasteiger partial charge in [0, 0.05) is 55.6 Å². The molecule has 2 aliphatic rings. The molecular formula is C28H36N2O4S4. The van der Waals surface area contributed by atoms with Crippen LogP contribution in [-0.4, -0.2) is 40.6 Å². The van der Waals surface area contributed by atoms with Crippen molar-refractivity contribution in [2.24, 2.45) is 0 Å². The number of hydrogen-bond acceptors (Lipinski definition) is 8. The van der Waals surface area contributed by atoms with E-state index in [0.717, 1.165) is 55.0 Å². The lowest BCUT2D eigenvalue weighted by molar-refractivity contribution is 0.271. The molecule has 206 valence electrons. The molecule has 0 atom stereocenters. The van der Waals surface area contributed by atoms with Crippen LogP contribution in [-0.2, 0) is 23.9 Å². The van der Waals surface area contributed by atoms with E-state index < -0.39 is 11.1 Å². The Morgan fingerprint density at radius 3 is 1.50 bits per heavy atom. The van der Waals surface area contributed by atoms with E-state index in [4.69, 9.17) is 24.4 Å². The fourth-order valence-corrected chi connectivity index (χ4v) is 7.86. The molecule has 6 nitrogen and oxygen atoms in total. The fourth-order valence-electron chi connectivity index (χ4n) is 5.29. The van der Waals surface area contributed by atoms with E-state index in [1.807, 2.05) is 27.7 Å². The summed E-state index contributed by atoms with van der Waals surface area (Å²) in [6.45, 7) is 7.86. The molecule has 0 saturated carbocycles. The summed E-state index contributed by atoms with van der Waals surface area (Å²) < 4.78 is 3.03. The Morgan fingerprint density at radius 1 is 0.763 bits per heavy atom. The van der Waals surface area contributed by atoms with Gasteiger partial charge in [-0.15, -0.1) is 23.5 Å². The second-order valence-electron chi connectivity index (χ2n) is 11.4. The molecule has 0 radical (unpaired) electrons. The maximum Gasteiger partial charge on any atom is 0.254 e. The normalized spacial score (nSPS) is 14.9. The van der Waals surface area contributed by atoms with Crippen molar-refractivity contribution in [3.05, 3.63) is 44.0 Å². The molecular weight excluding hydrogens is 557 g/mol. The van der Waals surface area contributed by atoms with Gasteiger partial charge in [-0.1, -0.05) is 24.4 Å². The number of thioether (sulfide) groups is 2. The minimum atomic E-state index is -0.568. The lowest BCUT2D eigenvalue weighted by Gasteiger charge is -2.30. The third-order valence-electron chi connectivity index (χ3n) is 7.65. The molecule has 0 unspecified atom stereocenters. The van der Waals surface area contributed by atoms with E-state index in [9.17, 15) is 19.8 Å². The number of pyridine rings is 2. The lowest BCUT2D eigenvalue weighted by atomic mass is 9.93. The summed E-state index contributed by atoms with van der Waals surface area (Å²) >= 11 is 14.5. The average Bonchev–Trinajstić information content (AvgIpc) is 3.49. The number of fused-ring (bicyclic) bond motifs is 2. The highest BCUT2D eigenvalue weighted by molar-refractivity contribution is 7.99. The molecule has 2 N–H and O–H groups in total. The molecule has 2 aromatic heterocycles. The number of rotatable bonds is 11. The van der Waals surface area contributed by atoms with E-state index in [2.05, 4.69) is 0 Å². The van der Waals surface area contributed by atoms with Crippen LogP contribution in [0.3, 0.4) is 0 Å². The van der Waals surface area contributed by atoms with E-state index >= 15 is 0 Å². The predicted molar refractivity (Wildman–Crippen MR) is 165 cm³/mol. The van der Waals surface area contributed by atoms with Gasteiger partial charge in [0.15, 0.2) is 11.8 Å². The van der Waals surface area contributed by atoms with Crippen LogP contribution in [0.4, 0.5) is 0 Å². The molecule has 10 heteroatoms. The zero-order valence-electron chi connectivity index (χ0n) is 22.5. The van der Waals surface area contributed by atoms with Crippen LogP contribution in [0.5, 0.6) is 11.8 Å². The van der Waals surface area contributed by atoms with Gasteiger partial charge >= 0.3 is 0 Å². The third kappa shape index (κ3) is 6.08. The van der Waals surface area contributed by atoms with Crippen molar-refractivity contribution in [2.75, 3.05) is 11.5 Å². The number of thiocarbonyl (C=S) groups is 2. The Bertz CT molecular complexity index is 1290. The zero-order valence-corrected chi connectivity index (χ0v) is 25.7. The maximum atomic E-state index is 12.8. The second-order valence-corrected chi connectivity index (χ2v) is 14.8. The van der Waals surface area contributed by atoms with Gasteiger partial charge in [0.1, 0.15) is 0 Å². The second kappa shape index (κ2) is 11.5. The predicted octanol–water partition coefficient (Wildman–Crippen LogP) is 5.97. The van der Waals surface area contributed by atoms with Gasteiger partial charge in [-0.25, -0.2) is 0 Å². The zero-order chi connectivity index (χ0) is 27.8. The van der Waals surface area contributed by atoms with Crippen LogP contribution in [0, 0.1) is 0 Å². The standard InChI is InChI=1S/C28H36N2O4S4/c1-27(2,29-23(31)15-21-19(25(29)33)9-13-37-21)11-7-17(35)5-6-18(36)8-12-28(3,4)30-24(32)16-22-20(26(30)34)10-14-38-22/h15-16,33-34H,5-14H2,1-4H3. The molecule has 0 aromatic carbocycles. The first-order valence-corrected chi connectivity index (χ1v) is 15.9.